The van der Waals surface area contributed by atoms with Crippen molar-refractivity contribution in [3.8, 4) is 0 Å². The van der Waals surface area contributed by atoms with Crippen molar-refractivity contribution in [1.82, 2.24) is 0 Å². The summed E-state index contributed by atoms with van der Waals surface area (Å²) in [4.78, 5) is 0. The molecule has 0 radical (unpaired) electrons. The van der Waals surface area contributed by atoms with Crippen molar-refractivity contribution >= 4 is 5.69 Å². The maximum absolute atomic E-state index is 11.0. The molecular formula is C15H19NO. The Hall–Kier alpha value is -1.02. The molecule has 1 aromatic rings. The fourth-order valence-electron chi connectivity index (χ4n) is 4.37. The minimum atomic E-state index is -0.443. The first kappa shape index (κ1) is 9.95. The molecule has 2 heteroatoms. The van der Waals surface area contributed by atoms with Gasteiger partial charge in [-0.2, -0.15) is 0 Å². The van der Waals surface area contributed by atoms with Gasteiger partial charge in [-0.05, 0) is 55.6 Å². The summed E-state index contributed by atoms with van der Waals surface area (Å²) in [6.45, 7) is 0. The standard InChI is InChI=1S/C15H19NO/c17-15(9-10-5-6-12(15)7-10)14-8-11-3-1-2-4-13(11)16-14/h1-4,10,12,14,16-17H,5-9H2. The Balaban J connectivity index is 1.63. The molecule has 0 aromatic heterocycles. The van der Waals surface area contributed by atoms with Gasteiger partial charge < -0.3 is 10.4 Å². The molecule has 1 aliphatic heterocycles. The number of fused-ring (bicyclic) bond motifs is 3. The zero-order valence-electron chi connectivity index (χ0n) is 10.0. The van der Waals surface area contributed by atoms with Gasteiger partial charge in [0.1, 0.15) is 0 Å². The minimum Gasteiger partial charge on any atom is -0.387 e. The molecule has 1 aromatic carbocycles. The zero-order valence-corrected chi connectivity index (χ0v) is 10.0. The quantitative estimate of drug-likeness (QED) is 0.775. The van der Waals surface area contributed by atoms with Crippen molar-refractivity contribution in [3.05, 3.63) is 29.8 Å². The Morgan fingerprint density at radius 2 is 2.12 bits per heavy atom. The van der Waals surface area contributed by atoms with E-state index in [0.29, 0.717) is 5.92 Å². The maximum Gasteiger partial charge on any atom is 0.0881 e. The number of hydrogen-bond donors (Lipinski definition) is 2. The molecule has 2 bridgehead atoms. The van der Waals surface area contributed by atoms with Crippen LogP contribution in [-0.4, -0.2) is 16.7 Å². The van der Waals surface area contributed by atoms with E-state index in [0.717, 1.165) is 18.8 Å². The number of aliphatic hydroxyl groups is 1. The van der Waals surface area contributed by atoms with E-state index in [1.807, 2.05) is 0 Å². The highest BCUT2D eigenvalue weighted by Gasteiger charge is 2.54. The summed E-state index contributed by atoms with van der Waals surface area (Å²) in [7, 11) is 0. The third-order valence-corrected chi connectivity index (χ3v) is 5.24. The van der Waals surface area contributed by atoms with E-state index in [2.05, 4.69) is 29.6 Å². The summed E-state index contributed by atoms with van der Waals surface area (Å²) < 4.78 is 0. The van der Waals surface area contributed by atoms with Crippen LogP contribution in [0.25, 0.3) is 0 Å². The van der Waals surface area contributed by atoms with Gasteiger partial charge in [0.25, 0.3) is 0 Å². The molecule has 2 nitrogen and oxygen atoms in total. The lowest BCUT2D eigenvalue weighted by molar-refractivity contribution is -0.0281. The van der Waals surface area contributed by atoms with Gasteiger partial charge in [-0.25, -0.2) is 0 Å². The molecule has 2 saturated carbocycles. The molecule has 0 spiro atoms. The molecule has 2 fully saturated rings. The van der Waals surface area contributed by atoms with Crippen LogP contribution in [0.5, 0.6) is 0 Å². The van der Waals surface area contributed by atoms with Crippen LogP contribution in [0.1, 0.15) is 31.2 Å². The Morgan fingerprint density at radius 3 is 2.82 bits per heavy atom. The molecule has 2 aliphatic carbocycles. The van der Waals surface area contributed by atoms with Gasteiger partial charge in [0, 0.05) is 5.69 Å². The predicted octanol–water partition coefficient (Wildman–Crippen LogP) is 2.57. The van der Waals surface area contributed by atoms with Crippen LogP contribution in [0.15, 0.2) is 24.3 Å². The molecule has 90 valence electrons. The van der Waals surface area contributed by atoms with Crippen molar-refractivity contribution in [2.45, 2.75) is 43.7 Å². The second-order valence-corrected chi connectivity index (χ2v) is 6.13. The molecule has 4 rings (SSSR count). The highest BCUT2D eigenvalue weighted by molar-refractivity contribution is 5.57. The molecule has 1 heterocycles. The molecule has 3 aliphatic rings. The fraction of sp³-hybridized carbons (Fsp3) is 0.600. The first-order valence-corrected chi connectivity index (χ1v) is 6.82. The fourth-order valence-corrected chi connectivity index (χ4v) is 4.37. The largest absolute Gasteiger partial charge is 0.387 e. The molecular weight excluding hydrogens is 210 g/mol. The predicted molar refractivity (Wildman–Crippen MR) is 68.0 cm³/mol. The van der Waals surface area contributed by atoms with Gasteiger partial charge >= 0.3 is 0 Å². The lowest BCUT2D eigenvalue weighted by atomic mass is 9.78. The van der Waals surface area contributed by atoms with Crippen LogP contribution in [0.2, 0.25) is 0 Å². The van der Waals surface area contributed by atoms with Crippen LogP contribution in [-0.2, 0) is 6.42 Å². The second-order valence-electron chi connectivity index (χ2n) is 6.13. The van der Waals surface area contributed by atoms with Crippen LogP contribution in [0, 0.1) is 11.8 Å². The summed E-state index contributed by atoms with van der Waals surface area (Å²) in [5.41, 5.74) is 2.16. The highest BCUT2D eigenvalue weighted by Crippen LogP contribution is 2.53. The van der Waals surface area contributed by atoms with E-state index in [4.69, 9.17) is 0 Å². The Kier molecular flexibility index (Phi) is 1.91. The minimum absolute atomic E-state index is 0.246. The first-order valence-electron chi connectivity index (χ1n) is 6.82. The summed E-state index contributed by atoms with van der Waals surface area (Å²) in [5.74, 6) is 1.33. The van der Waals surface area contributed by atoms with Crippen molar-refractivity contribution in [3.63, 3.8) is 0 Å². The van der Waals surface area contributed by atoms with Crippen LogP contribution < -0.4 is 5.32 Å². The summed E-state index contributed by atoms with van der Waals surface area (Å²) >= 11 is 0. The molecule has 0 saturated heterocycles. The molecule has 2 N–H and O–H groups in total. The first-order chi connectivity index (χ1) is 8.25. The van der Waals surface area contributed by atoms with Crippen molar-refractivity contribution < 1.29 is 5.11 Å². The normalized spacial score (nSPS) is 42.5. The molecule has 4 unspecified atom stereocenters. The number of benzene rings is 1. The lowest BCUT2D eigenvalue weighted by Crippen LogP contribution is -2.50. The summed E-state index contributed by atoms with van der Waals surface area (Å²) in [5, 5.41) is 14.5. The van der Waals surface area contributed by atoms with Gasteiger partial charge in [-0.1, -0.05) is 18.2 Å². The monoisotopic (exact) mass is 229 g/mol. The van der Waals surface area contributed by atoms with Gasteiger partial charge in [0.05, 0.1) is 11.6 Å². The van der Waals surface area contributed by atoms with Crippen LogP contribution in [0.3, 0.4) is 0 Å². The SMILES string of the molecule is OC1(C2Cc3ccccc3N2)CC2CCC1C2. The van der Waals surface area contributed by atoms with E-state index in [1.54, 1.807) is 0 Å². The number of nitrogens with one attached hydrogen (secondary N) is 1. The smallest absolute Gasteiger partial charge is 0.0881 e. The highest BCUT2D eigenvalue weighted by atomic mass is 16.3. The van der Waals surface area contributed by atoms with E-state index in [1.165, 1.54) is 30.5 Å². The molecule has 17 heavy (non-hydrogen) atoms. The molecule has 4 atom stereocenters. The second kappa shape index (κ2) is 3.26. The van der Waals surface area contributed by atoms with Gasteiger partial charge in [0.2, 0.25) is 0 Å². The van der Waals surface area contributed by atoms with Crippen molar-refractivity contribution in [1.29, 1.82) is 0 Å². The van der Waals surface area contributed by atoms with Gasteiger partial charge in [0.15, 0.2) is 0 Å². The van der Waals surface area contributed by atoms with Crippen molar-refractivity contribution in [2.24, 2.45) is 11.8 Å². The third-order valence-electron chi connectivity index (χ3n) is 5.24. The topological polar surface area (TPSA) is 32.3 Å². The molecule has 0 amide bonds. The van der Waals surface area contributed by atoms with Crippen molar-refractivity contribution in [2.75, 3.05) is 5.32 Å². The number of para-hydroxylation sites is 1. The average Bonchev–Trinajstić information content (AvgIpc) is 3.01. The number of anilines is 1. The van der Waals surface area contributed by atoms with E-state index in [9.17, 15) is 5.11 Å². The number of hydrogen-bond acceptors (Lipinski definition) is 2. The average molecular weight is 229 g/mol. The summed E-state index contributed by atoms with van der Waals surface area (Å²) in [6.07, 6.45) is 5.84. The zero-order chi connectivity index (χ0) is 11.5. The van der Waals surface area contributed by atoms with E-state index >= 15 is 0 Å². The number of rotatable bonds is 1. The Labute approximate surface area is 102 Å². The van der Waals surface area contributed by atoms with E-state index in [-0.39, 0.29) is 6.04 Å². The summed E-state index contributed by atoms with van der Waals surface area (Å²) in [6, 6.07) is 8.72. The Morgan fingerprint density at radius 1 is 1.24 bits per heavy atom. The van der Waals surface area contributed by atoms with Gasteiger partial charge in [-0.15, -0.1) is 0 Å². The van der Waals surface area contributed by atoms with Gasteiger partial charge in [-0.3, -0.25) is 0 Å². The van der Waals surface area contributed by atoms with Crippen LogP contribution >= 0.6 is 0 Å². The lowest BCUT2D eigenvalue weighted by Gasteiger charge is -2.38. The maximum atomic E-state index is 11.0. The van der Waals surface area contributed by atoms with E-state index < -0.39 is 5.60 Å². The van der Waals surface area contributed by atoms with Crippen LogP contribution in [0.4, 0.5) is 5.69 Å². The third kappa shape index (κ3) is 1.30. The Bertz CT molecular complexity index is 433.